The molecule has 0 saturated carbocycles. The third-order valence-corrected chi connectivity index (χ3v) is 3.14. The fraction of sp³-hybridized carbons (Fsp3) is 0.889. The molecule has 13 heavy (non-hydrogen) atoms. The Morgan fingerprint density at radius 3 is 2.38 bits per heavy atom. The maximum atomic E-state index is 11.2. The number of thioether (sulfide) groups is 1. The minimum Gasteiger partial charge on any atom is -0.465 e. The summed E-state index contributed by atoms with van der Waals surface area (Å²) in [7, 11) is 0. The van der Waals surface area contributed by atoms with Crippen LogP contribution in [-0.2, 0) is 9.53 Å². The molecule has 0 aromatic carbocycles. The van der Waals surface area contributed by atoms with Gasteiger partial charge in [-0.15, -0.1) is 11.8 Å². The normalized spacial score (nSPS) is 17.6. The van der Waals surface area contributed by atoms with Gasteiger partial charge in [0.2, 0.25) is 0 Å². The lowest BCUT2D eigenvalue weighted by Gasteiger charge is -2.17. The van der Waals surface area contributed by atoms with E-state index in [1.807, 2.05) is 6.92 Å². The van der Waals surface area contributed by atoms with Crippen molar-refractivity contribution in [1.82, 2.24) is 0 Å². The van der Waals surface area contributed by atoms with Crippen molar-refractivity contribution in [2.75, 3.05) is 6.61 Å². The third-order valence-electron chi connectivity index (χ3n) is 1.72. The summed E-state index contributed by atoms with van der Waals surface area (Å²) < 4.78 is 4.84. The van der Waals surface area contributed by atoms with E-state index < -0.39 is 6.10 Å². The summed E-state index contributed by atoms with van der Waals surface area (Å²) in [6.07, 6.45) is -0.401. The van der Waals surface area contributed by atoms with E-state index in [1.54, 1.807) is 20.8 Å². The predicted molar refractivity (Wildman–Crippen MR) is 54.8 cm³/mol. The summed E-state index contributed by atoms with van der Waals surface area (Å²) in [5.41, 5.74) is 0. The number of carbonyl (C=O) groups excluding carboxylic acids is 1. The van der Waals surface area contributed by atoms with E-state index in [4.69, 9.17) is 4.74 Å². The van der Waals surface area contributed by atoms with Gasteiger partial charge in [-0.25, -0.2) is 0 Å². The van der Waals surface area contributed by atoms with E-state index in [0.29, 0.717) is 6.61 Å². The minimum absolute atomic E-state index is 0.0550. The first-order valence-corrected chi connectivity index (χ1v) is 5.43. The summed E-state index contributed by atoms with van der Waals surface area (Å²) in [4.78, 5) is 11.2. The van der Waals surface area contributed by atoms with Gasteiger partial charge in [-0.05, 0) is 20.8 Å². The van der Waals surface area contributed by atoms with Gasteiger partial charge in [-0.3, -0.25) is 4.79 Å². The second-order valence-corrected chi connectivity index (χ2v) is 4.70. The lowest BCUT2D eigenvalue weighted by molar-refractivity contribution is -0.142. The molecule has 3 nitrogen and oxygen atoms in total. The molecule has 0 aliphatic rings. The first-order chi connectivity index (χ1) is 5.99. The van der Waals surface area contributed by atoms with Crippen molar-refractivity contribution < 1.29 is 14.6 Å². The largest absolute Gasteiger partial charge is 0.465 e. The van der Waals surface area contributed by atoms with Gasteiger partial charge in [0.05, 0.1) is 18.0 Å². The molecule has 0 saturated heterocycles. The molecule has 4 heteroatoms. The number of carbonyl (C=O) groups is 1. The first kappa shape index (κ1) is 12.8. The second-order valence-electron chi connectivity index (χ2n) is 2.98. The van der Waals surface area contributed by atoms with Crippen molar-refractivity contribution in [1.29, 1.82) is 0 Å². The van der Waals surface area contributed by atoms with Crippen LogP contribution in [0.15, 0.2) is 0 Å². The molecular weight excluding hydrogens is 188 g/mol. The van der Waals surface area contributed by atoms with Gasteiger partial charge in [0.15, 0.2) is 0 Å². The van der Waals surface area contributed by atoms with Crippen molar-refractivity contribution in [2.45, 2.75) is 44.3 Å². The van der Waals surface area contributed by atoms with Crippen LogP contribution >= 0.6 is 11.8 Å². The van der Waals surface area contributed by atoms with E-state index >= 15 is 0 Å². The highest BCUT2D eigenvalue weighted by Crippen LogP contribution is 2.20. The van der Waals surface area contributed by atoms with Crippen molar-refractivity contribution in [3.05, 3.63) is 0 Å². The fourth-order valence-corrected chi connectivity index (χ4v) is 1.80. The highest BCUT2D eigenvalue weighted by Gasteiger charge is 2.20. The number of aliphatic hydroxyl groups excluding tert-OH is 1. The standard InChI is InChI=1S/C9H18O3S/c1-5-12-9(11)8(4)13-7(3)6(2)10/h6-8,10H,5H2,1-4H3. The SMILES string of the molecule is CCOC(=O)C(C)SC(C)C(C)O. The number of ether oxygens (including phenoxy) is 1. The molecule has 0 aliphatic carbocycles. The lowest BCUT2D eigenvalue weighted by Crippen LogP contribution is -2.24. The van der Waals surface area contributed by atoms with E-state index in [2.05, 4.69) is 0 Å². The summed E-state index contributed by atoms with van der Waals surface area (Å²) in [6, 6.07) is 0. The number of rotatable bonds is 5. The molecule has 0 heterocycles. The zero-order valence-corrected chi connectivity index (χ0v) is 9.43. The Kier molecular flexibility index (Phi) is 6.16. The van der Waals surface area contributed by atoms with Gasteiger partial charge < -0.3 is 9.84 Å². The maximum Gasteiger partial charge on any atom is 0.318 e. The molecule has 1 N–H and O–H groups in total. The van der Waals surface area contributed by atoms with Crippen LogP contribution in [0.3, 0.4) is 0 Å². The predicted octanol–water partition coefficient (Wildman–Crippen LogP) is 1.44. The van der Waals surface area contributed by atoms with Crippen LogP contribution in [0, 0.1) is 0 Å². The van der Waals surface area contributed by atoms with Crippen LogP contribution in [0.25, 0.3) is 0 Å². The highest BCUT2D eigenvalue weighted by molar-refractivity contribution is 8.01. The fourth-order valence-electron chi connectivity index (χ4n) is 0.751. The van der Waals surface area contributed by atoms with Crippen molar-refractivity contribution in [3.8, 4) is 0 Å². The monoisotopic (exact) mass is 206 g/mol. The van der Waals surface area contributed by atoms with Crippen LogP contribution in [-0.4, -0.2) is 34.3 Å². The molecule has 78 valence electrons. The van der Waals surface area contributed by atoms with Gasteiger partial charge in [0, 0.05) is 5.25 Å². The Hall–Kier alpha value is -0.220. The Morgan fingerprint density at radius 2 is 2.00 bits per heavy atom. The van der Waals surface area contributed by atoms with Crippen LogP contribution < -0.4 is 0 Å². The molecular formula is C9H18O3S. The molecule has 0 fully saturated rings. The number of esters is 1. The van der Waals surface area contributed by atoms with Crippen molar-refractivity contribution in [2.24, 2.45) is 0 Å². The Bertz CT molecular complexity index is 159. The first-order valence-electron chi connectivity index (χ1n) is 4.49. The second kappa shape index (κ2) is 6.27. The molecule has 0 aromatic rings. The van der Waals surface area contributed by atoms with Crippen LogP contribution in [0.1, 0.15) is 27.7 Å². The van der Waals surface area contributed by atoms with Gasteiger partial charge in [0.1, 0.15) is 0 Å². The Morgan fingerprint density at radius 1 is 1.46 bits per heavy atom. The van der Waals surface area contributed by atoms with E-state index in [1.165, 1.54) is 11.8 Å². The molecule has 0 spiro atoms. The molecule has 0 aromatic heterocycles. The third kappa shape index (κ3) is 5.16. The van der Waals surface area contributed by atoms with Gasteiger partial charge in [0.25, 0.3) is 0 Å². The Balaban J connectivity index is 3.85. The molecule has 0 bridgehead atoms. The summed E-state index contributed by atoms with van der Waals surface area (Å²) in [6.45, 7) is 7.60. The smallest absolute Gasteiger partial charge is 0.318 e. The van der Waals surface area contributed by atoms with E-state index in [0.717, 1.165) is 0 Å². The maximum absolute atomic E-state index is 11.2. The lowest BCUT2D eigenvalue weighted by atomic mass is 10.3. The topological polar surface area (TPSA) is 46.5 Å². The minimum atomic E-state index is -0.401. The summed E-state index contributed by atoms with van der Waals surface area (Å²) >= 11 is 1.43. The zero-order valence-electron chi connectivity index (χ0n) is 8.61. The number of hydrogen-bond donors (Lipinski definition) is 1. The number of hydrogen-bond acceptors (Lipinski definition) is 4. The van der Waals surface area contributed by atoms with Crippen LogP contribution in [0.2, 0.25) is 0 Å². The molecule has 0 radical (unpaired) electrons. The Labute approximate surface area is 83.9 Å². The summed E-state index contributed by atoms with van der Waals surface area (Å²) in [5.74, 6) is -0.208. The summed E-state index contributed by atoms with van der Waals surface area (Å²) in [5, 5.41) is 9.06. The van der Waals surface area contributed by atoms with E-state index in [-0.39, 0.29) is 16.5 Å². The zero-order chi connectivity index (χ0) is 10.4. The van der Waals surface area contributed by atoms with Gasteiger partial charge >= 0.3 is 5.97 Å². The van der Waals surface area contributed by atoms with Crippen LogP contribution in [0.4, 0.5) is 0 Å². The van der Waals surface area contributed by atoms with Gasteiger partial charge in [-0.1, -0.05) is 6.92 Å². The molecule has 3 unspecified atom stereocenters. The van der Waals surface area contributed by atoms with Crippen LogP contribution in [0.5, 0.6) is 0 Å². The molecule has 0 rings (SSSR count). The highest BCUT2D eigenvalue weighted by atomic mass is 32.2. The average molecular weight is 206 g/mol. The molecule has 3 atom stereocenters. The number of aliphatic hydroxyl groups is 1. The quantitative estimate of drug-likeness (QED) is 0.691. The van der Waals surface area contributed by atoms with Crippen molar-refractivity contribution >= 4 is 17.7 Å². The molecule has 0 amide bonds. The average Bonchev–Trinajstić information content (AvgIpc) is 2.04. The van der Waals surface area contributed by atoms with E-state index in [9.17, 15) is 9.90 Å². The van der Waals surface area contributed by atoms with Crippen molar-refractivity contribution in [3.63, 3.8) is 0 Å². The molecule has 0 aliphatic heterocycles. The van der Waals surface area contributed by atoms with Gasteiger partial charge in [-0.2, -0.15) is 0 Å².